The second-order valence-corrected chi connectivity index (χ2v) is 8.34. The van der Waals surface area contributed by atoms with Gasteiger partial charge < -0.3 is 15.5 Å². The van der Waals surface area contributed by atoms with Gasteiger partial charge in [0.2, 0.25) is 5.91 Å². The lowest BCUT2D eigenvalue weighted by Crippen LogP contribution is -2.45. The van der Waals surface area contributed by atoms with E-state index in [-0.39, 0.29) is 41.3 Å². The first-order valence-electron chi connectivity index (χ1n) is 9.11. The summed E-state index contributed by atoms with van der Waals surface area (Å²) in [5.74, 6) is 1.02. The van der Waals surface area contributed by atoms with Crippen molar-refractivity contribution >= 4 is 47.2 Å². The van der Waals surface area contributed by atoms with Gasteiger partial charge in [-0.3, -0.25) is 4.79 Å². The molecule has 1 aliphatic rings. The van der Waals surface area contributed by atoms with Crippen LogP contribution >= 0.6 is 35.3 Å². The summed E-state index contributed by atoms with van der Waals surface area (Å²) in [6.45, 7) is 13.4. The third-order valence-electron chi connectivity index (χ3n) is 4.22. The molecule has 8 heteroatoms. The standard InChI is InChI=1S/C18H31N5OS.HI/c1-6-16(24)23-9-8-13(11-23)21-17(19-7-2)20-10-15-22-14(12-25-15)18(3,4)5;/h12-13H,6-11H2,1-5H3,(H2,19,20,21);1H. The van der Waals surface area contributed by atoms with Crippen LogP contribution in [0.1, 0.15) is 58.2 Å². The molecule has 2 rings (SSSR count). The minimum Gasteiger partial charge on any atom is -0.357 e. The maximum atomic E-state index is 11.8. The van der Waals surface area contributed by atoms with E-state index in [1.54, 1.807) is 11.3 Å². The molecule has 1 atom stereocenters. The number of aliphatic imine (C=N–C) groups is 1. The lowest BCUT2D eigenvalue weighted by atomic mass is 9.93. The summed E-state index contributed by atoms with van der Waals surface area (Å²) in [5.41, 5.74) is 1.19. The fourth-order valence-corrected chi connectivity index (χ4v) is 3.66. The number of halogens is 1. The number of carbonyl (C=O) groups excluding carboxylic acids is 1. The van der Waals surface area contributed by atoms with E-state index in [4.69, 9.17) is 4.98 Å². The van der Waals surface area contributed by atoms with Gasteiger partial charge in [-0.1, -0.05) is 27.7 Å². The van der Waals surface area contributed by atoms with Gasteiger partial charge in [-0.25, -0.2) is 9.98 Å². The molecule has 2 heterocycles. The van der Waals surface area contributed by atoms with Gasteiger partial charge in [0.25, 0.3) is 0 Å². The highest BCUT2D eigenvalue weighted by Gasteiger charge is 2.25. The Hall–Kier alpha value is -0.900. The summed E-state index contributed by atoms with van der Waals surface area (Å²) in [7, 11) is 0. The van der Waals surface area contributed by atoms with Crippen LogP contribution in [0.5, 0.6) is 0 Å². The quantitative estimate of drug-likeness (QED) is 0.376. The molecule has 1 saturated heterocycles. The number of rotatable bonds is 5. The van der Waals surface area contributed by atoms with Crippen LogP contribution in [0, 0.1) is 0 Å². The van der Waals surface area contributed by atoms with Crippen molar-refractivity contribution in [1.29, 1.82) is 0 Å². The van der Waals surface area contributed by atoms with Crippen molar-refractivity contribution in [2.45, 2.75) is 65.5 Å². The third-order valence-corrected chi connectivity index (χ3v) is 5.05. The second-order valence-electron chi connectivity index (χ2n) is 7.39. The normalized spacial score (nSPS) is 17.8. The summed E-state index contributed by atoms with van der Waals surface area (Å²) in [6.07, 6.45) is 1.53. The largest absolute Gasteiger partial charge is 0.357 e. The Bertz CT molecular complexity index is 611. The minimum absolute atomic E-state index is 0. The fourth-order valence-electron chi connectivity index (χ4n) is 2.72. The molecule has 1 aromatic rings. The van der Waals surface area contributed by atoms with E-state index >= 15 is 0 Å². The lowest BCUT2D eigenvalue weighted by Gasteiger charge is -2.18. The zero-order valence-corrected chi connectivity index (χ0v) is 19.6. The summed E-state index contributed by atoms with van der Waals surface area (Å²) >= 11 is 1.66. The average Bonchev–Trinajstić information content (AvgIpc) is 3.21. The molecule has 0 aromatic carbocycles. The Balaban J connectivity index is 0.00000338. The highest BCUT2D eigenvalue weighted by molar-refractivity contribution is 14.0. The number of guanidine groups is 1. The Kier molecular flexibility index (Phi) is 9.29. The van der Waals surface area contributed by atoms with E-state index < -0.39 is 0 Å². The number of thiazole rings is 1. The fraction of sp³-hybridized carbons (Fsp3) is 0.722. The van der Waals surface area contributed by atoms with Gasteiger partial charge in [0.05, 0.1) is 12.2 Å². The zero-order valence-electron chi connectivity index (χ0n) is 16.5. The van der Waals surface area contributed by atoms with Crippen molar-refractivity contribution in [2.75, 3.05) is 19.6 Å². The molecule has 0 aliphatic carbocycles. The van der Waals surface area contributed by atoms with Gasteiger partial charge in [-0.15, -0.1) is 35.3 Å². The summed E-state index contributed by atoms with van der Waals surface area (Å²) in [5, 5.41) is 9.89. The predicted molar refractivity (Wildman–Crippen MR) is 119 cm³/mol. The molecule has 6 nitrogen and oxygen atoms in total. The smallest absolute Gasteiger partial charge is 0.222 e. The van der Waals surface area contributed by atoms with Crippen LogP contribution in [0.3, 0.4) is 0 Å². The molecule has 1 amide bonds. The van der Waals surface area contributed by atoms with Crippen molar-refractivity contribution < 1.29 is 4.79 Å². The first kappa shape index (κ1) is 23.1. The second kappa shape index (κ2) is 10.4. The Morgan fingerprint density at radius 3 is 2.73 bits per heavy atom. The summed E-state index contributed by atoms with van der Waals surface area (Å²) in [6, 6.07) is 0.259. The van der Waals surface area contributed by atoms with E-state index in [2.05, 4.69) is 48.7 Å². The number of nitrogens with one attached hydrogen (secondary N) is 2. The summed E-state index contributed by atoms with van der Waals surface area (Å²) in [4.78, 5) is 23.1. The van der Waals surface area contributed by atoms with E-state index in [1.807, 2.05) is 11.8 Å². The minimum atomic E-state index is 0. The van der Waals surface area contributed by atoms with E-state index in [0.717, 1.165) is 42.7 Å². The van der Waals surface area contributed by atoms with Crippen molar-refractivity contribution in [3.8, 4) is 0 Å². The van der Waals surface area contributed by atoms with Crippen molar-refractivity contribution in [1.82, 2.24) is 20.5 Å². The van der Waals surface area contributed by atoms with Crippen LogP contribution in [-0.2, 0) is 16.8 Å². The maximum absolute atomic E-state index is 11.8. The van der Waals surface area contributed by atoms with E-state index in [1.165, 1.54) is 0 Å². The monoisotopic (exact) mass is 493 g/mol. The molecule has 1 aliphatic heterocycles. The molecule has 148 valence electrons. The number of likely N-dealkylation sites (tertiary alicyclic amines) is 1. The molecule has 1 aromatic heterocycles. The number of nitrogens with zero attached hydrogens (tertiary/aromatic N) is 3. The Morgan fingerprint density at radius 2 is 2.15 bits per heavy atom. The zero-order chi connectivity index (χ0) is 18.4. The van der Waals surface area contributed by atoms with Gasteiger partial charge in [-0.05, 0) is 13.3 Å². The third kappa shape index (κ3) is 6.68. The highest BCUT2D eigenvalue weighted by Crippen LogP contribution is 2.24. The molecule has 0 bridgehead atoms. The predicted octanol–water partition coefficient (Wildman–Crippen LogP) is 3.12. The Labute approximate surface area is 178 Å². The van der Waals surface area contributed by atoms with Crippen LogP contribution in [0.4, 0.5) is 0 Å². The van der Waals surface area contributed by atoms with Crippen molar-refractivity contribution in [2.24, 2.45) is 4.99 Å². The lowest BCUT2D eigenvalue weighted by molar-refractivity contribution is -0.129. The number of aromatic nitrogens is 1. The number of hydrogen-bond donors (Lipinski definition) is 2. The molecule has 1 unspecified atom stereocenters. The Morgan fingerprint density at radius 1 is 1.42 bits per heavy atom. The molecule has 0 radical (unpaired) electrons. The van der Waals surface area contributed by atoms with Crippen molar-refractivity contribution in [3.63, 3.8) is 0 Å². The first-order chi connectivity index (χ1) is 11.8. The number of amides is 1. The SMILES string of the molecule is CCNC(=NCc1nc(C(C)(C)C)cs1)NC1CCN(C(=O)CC)C1.I. The maximum Gasteiger partial charge on any atom is 0.222 e. The van der Waals surface area contributed by atoms with Gasteiger partial charge in [-0.2, -0.15) is 0 Å². The van der Waals surface area contributed by atoms with Crippen LogP contribution in [0.2, 0.25) is 0 Å². The summed E-state index contributed by atoms with van der Waals surface area (Å²) < 4.78 is 0. The van der Waals surface area contributed by atoms with Gasteiger partial charge >= 0.3 is 0 Å². The number of hydrogen-bond acceptors (Lipinski definition) is 4. The molecule has 0 spiro atoms. The first-order valence-corrected chi connectivity index (χ1v) is 9.99. The average molecular weight is 493 g/mol. The van der Waals surface area contributed by atoms with Crippen LogP contribution in [0.15, 0.2) is 10.4 Å². The van der Waals surface area contributed by atoms with E-state index in [0.29, 0.717) is 13.0 Å². The van der Waals surface area contributed by atoms with Gasteiger partial charge in [0, 0.05) is 42.9 Å². The van der Waals surface area contributed by atoms with Gasteiger partial charge in [0.15, 0.2) is 5.96 Å². The molecule has 2 N–H and O–H groups in total. The van der Waals surface area contributed by atoms with Gasteiger partial charge in [0.1, 0.15) is 5.01 Å². The number of carbonyl (C=O) groups is 1. The van der Waals surface area contributed by atoms with Crippen LogP contribution in [0.25, 0.3) is 0 Å². The molecular formula is C18H32IN5OS. The highest BCUT2D eigenvalue weighted by atomic mass is 127. The molecule has 26 heavy (non-hydrogen) atoms. The van der Waals surface area contributed by atoms with Crippen LogP contribution < -0.4 is 10.6 Å². The molecule has 0 saturated carbocycles. The topological polar surface area (TPSA) is 69.6 Å². The van der Waals surface area contributed by atoms with E-state index in [9.17, 15) is 4.79 Å². The molecule has 1 fully saturated rings. The van der Waals surface area contributed by atoms with Crippen LogP contribution in [-0.4, -0.2) is 47.4 Å². The molecular weight excluding hydrogens is 461 g/mol. The van der Waals surface area contributed by atoms with Crippen molar-refractivity contribution in [3.05, 3.63) is 16.1 Å².